The van der Waals surface area contributed by atoms with E-state index in [-0.39, 0.29) is 6.54 Å². The number of hydrogen-bond acceptors (Lipinski definition) is 9. The number of nitrogens with one attached hydrogen (secondary N) is 1. The number of aliphatic hydroxyl groups excluding tert-OH is 2. The fraction of sp³-hybridized carbons (Fsp3) is 0.818. The molecule has 1 fully saturated rings. The summed E-state index contributed by atoms with van der Waals surface area (Å²) in [4.78, 5) is 24.2. The highest BCUT2D eigenvalue weighted by molar-refractivity contribution is 6.31. The molecule has 3 N–H and O–H groups in total. The molecule has 10 heteroatoms. The third-order valence-corrected chi connectivity index (χ3v) is 2.88. The minimum Gasteiger partial charge on any atom is -0.542 e. The van der Waals surface area contributed by atoms with Crippen molar-refractivity contribution in [1.29, 1.82) is 5.53 Å². The smallest absolute Gasteiger partial charge is 0.214 e. The zero-order valence-electron chi connectivity index (χ0n) is 11.6. The van der Waals surface area contributed by atoms with Crippen LogP contribution in [-0.4, -0.2) is 58.7 Å². The van der Waals surface area contributed by atoms with Crippen LogP contribution in [0.3, 0.4) is 0 Å². The molecule has 4 atom stereocenters. The van der Waals surface area contributed by atoms with E-state index < -0.39 is 48.4 Å². The summed E-state index contributed by atoms with van der Waals surface area (Å²) in [7, 11) is 0. The van der Waals surface area contributed by atoms with Crippen LogP contribution in [0, 0.1) is 5.53 Å². The van der Waals surface area contributed by atoms with E-state index in [4.69, 9.17) is 15.0 Å². The maximum absolute atomic E-state index is 11.1. The number of carbonyl (C=O) groups is 2. The Hall–Kier alpha value is -1.71. The predicted molar refractivity (Wildman–Crippen MR) is 62.6 cm³/mol. The van der Waals surface area contributed by atoms with Crippen LogP contribution in [0.15, 0.2) is 5.11 Å². The van der Waals surface area contributed by atoms with Crippen molar-refractivity contribution in [1.82, 2.24) is 4.91 Å². The van der Waals surface area contributed by atoms with Gasteiger partial charge in [0.2, 0.25) is 4.91 Å². The van der Waals surface area contributed by atoms with Gasteiger partial charge in [-0.2, -0.15) is 0 Å². The molecule has 1 saturated heterocycles. The SMILES string of the molecule is CC1(C)O[C@H]([C@H](O)CN=[N+]=N)[C@@H]([C@@H](O)CC(=O)C(=O)[O-])O1. The minimum absolute atomic E-state index is 0.259. The van der Waals surface area contributed by atoms with Gasteiger partial charge in [0, 0.05) is 6.42 Å². The monoisotopic (exact) mass is 303 g/mol. The number of hydrogen-bond donors (Lipinski definition) is 3. The van der Waals surface area contributed by atoms with Gasteiger partial charge in [-0.15, -0.1) is 0 Å². The first-order valence-corrected chi connectivity index (χ1v) is 6.17. The highest BCUT2D eigenvalue weighted by Gasteiger charge is 2.48. The first-order chi connectivity index (χ1) is 9.68. The van der Waals surface area contributed by atoms with Crippen LogP contribution >= 0.6 is 0 Å². The Morgan fingerprint density at radius 3 is 2.33 bits per heavy atom. The molecule has 0 aromatic heterocycles. The Morgan fingerprint density at radius 1 is 1.33 bits per heavy atom. The lowest BCUT2D eigenvalue weighted by atomic mass is 9.99. The summed E-state index contributed by atoms with van der Waals surface area (Å²) in [5, 5.41) is 33.5. The molecule has 1 aliphatic heterocycles. The predicted octanol–water partition coefficient (Wildman–Crippen LogP) is -2.51. The molecule has 0 radical (unpaired) electrons. The second-order valence-electron chi connectivity index (χ2n) is 5.04. The number of carbonyl (C=O) groups excluding carboxylic acids is 2. The molecule has 0 saturated carbocycles. The Labute approximate surface area is 119 Å². The summed E-state index contributed by atoms with van der Waals surface area (Å²) in [5.74, 6) is -4.33. The number of carboxylic acids is 1. The molecule has 0 aromatic rings. The van der Waals surface area contributed by atoms with Gasteiger partial charge in [-0.25, -0.2) is 0 Å². The Kier molecular flexibility index (Phi) is 5.64. The van der Waals surface area contributed by atoms with Crippen LogP contribution in [0.5, 0.6) is 0 Å². The molecule has 21 heavy (non-hydrogen) atoms. The van der Waals surface area contributed by atoms with Crippen molar-refractivity contribution >= 4 is 11.8 Å². The number of ether oxygens (including phenoxy) is 2. The summed E-state index contributed by atoms with van der Waals surface area (Å²) in [6, 6.07) is 0. The van der Waals surface area contributed by atoms with E-state index in [0.717, 1.165) is 0 Å². The quantitative estimate of drug-likeness (QED) is 0.265. The van der Waals surface area contributed by atoms with Gasteiger partial charge in [-0.3, -0.25) is 4.79 Å². The molecule has 0 unspecified atom stereocenters. The van der Waals surface area contributed by atoms with Gasteiger partial charge >= 0.3 is 0 Å². The van der Waals surface area contributed by atoms with Gasteiger partial charge in [-0.05, 0) is 13.8 Å². The summed E-state index contributed by atoms with van der Waals surface area (Å²) in [6.07, 6.45) is -5.63. The molecule has 0 aliphatic carbocycles. The van der Waals surface area contributed by atoms with Gasteiger partial charge in [0.15, 0.2) is 18.1 Å². The molecule has 1 rings (SSSR count). The van der Waals surface area contributed by atoms with E-state index in [1.807, 2.05) is 0 Å². The summed E-state index contributed by atoms with van der Waals surface area (Å²) in [5.41, 5.74) is 6.53. The van der Waals surface area contributed by atoms with Crippen LogP contribution < -0.4 is 10.0 Å². The van der Waals surface area contributed by atoms with Crippen LogP contribution in [0.1, 0.15) is 20.3 Å². The van der Waals surface area contributed by atoms with Crippen molar-refractivity contribution in [2.45, 2.75) is 50.5 Å². The molecule has 0 spiro atoms. The van der Waals surface area contributed by atoms with E-state index in [1.54, 1.807) is 0 Å². The maximum atomic E-state index is 11.1. The average molecular weight is 303 g/mol. The van der Waals surface area contributed by atoms with E-state index >= 15 is 0 Å². The topological polar surface area (TPSA) is 166 Å². The zero-order chi connectivity index (χ0) is 16.2. The molecule has 118 valence electrons. The van der Waals surface area contributed by atoms with Gasteiger partial charge in [-0.1, -0.05) is 0 Å². The summed E-state index contributed by atoms with van der Waals surface area (Å²) in [6.45, 7) is 2.81. The Morgan fingerprint density at radius 2 is 1.86 bits per heavy atom. The standard InChI is InChI=1S/C11H17N3O7/c1-11(2)20-8(5(15)3-6(16)10(18)19)9(21-11)7(17)4-13-14-12/h5,7-9,12,15,17H,3-4H2,1-2H3/t5-,7+,8+,9+/m0/s1. The number of rotatable bonds is 7. The molecule has 0 bridgehead atoms. The van der Waals surface area contributed by atoms with Gasteiger partial charge in [0.05, 0.1) is 6.10 Å². The van der Waals surface area contributed by atoms with Gasteiger partial charge < -0.3 is 29.6 Å². The lowest BCUT2D eigenvalue weighted by molar-refractivity contribution is -0.300. The van der Waals surface area contributed by atoms with Crippen molar-refractivity contribution in [3.8, 4) is 0 Å². The largest absolute Gasteiger partial charge is 0.542 e. The molecule has 1 heterocycles. The number of aliphatic carboxylic acids is 1. The molecule has 1 aliphatic rings. The van der Waals surface area contributed by atoms with E-state index in [2.05, 4.69) is 10.0 Å². The number of carboxylic acid groups (broad SMARTS) is 1. The van der Waals surface area contributed by atoms with Crippen LogP contribution in [0.2, 0.25) is 0 Å². The molecular weight excluding hydrogens is 286 g/mol. The number of Topliss-reactive ketones (excluding diaryl/α,β-unsaturated/α-hetero) is 1. The Balaban J connectivity index is 2.82. The highest BCUT2D eigenvalue weighted by Crippen LogP contribution is 2.32. The van der Waals surface area contributed by atoms with Crippen molar-refractivity contribution in [2.75, 3.05) is 6.54 Å². The van der Waals surface area contributed by atoms with Crippen LogP contribution in [-0.2, 0) is 19.1 Å². The van der Waals surface area contributed by atoms with Crippen LogP contribution in [0.4, 0.5) is 0 Å². The highest BCUT2D eigenvalue weighted by atomic mass is 16.8. The first kappa shape index (κ1) is 17.3. The lowest BCUT2D eigenvalue weighted by Crippen LogP contribution is -2.45. The number of ketones is 1. The fourth-order valence-electron chi connectivity index (χ4n) is 2.03. The minimum atomic E-state index is -1.91. The average Bonchev–Trinajstić information content (AvgIpc) is 2.72. The zero-order valence-corrected chi connectivity index (χ0v) is 11.6. The van der Waals surface area contributed by atoms with E-state index in [1.165, 1.54) is 13.8 Å². The molecule has 0 amide bonds. The van der Waals surface area contributed by atoms with E-state index in [9.17, 15) is 24.9 Å². The molecule has 10 nitrogen and oxygen atoms in total. The third kappa shape index (κ3) is 4.66. The Bertz CT molecular complexity index is 461. The van der Waals surface area contributed by atoms with Crippen molar-refractivity contribution < 1.29 is 34.4 Å². The van der Waals surface area contributed by atoms with Crippen LogP contribution in [0.25, 0.3) is 0 Å². The van der Waals surface area contributed by atoms with Crippen molar-refractivity contribution in [2.24, 2.45) is 5.11 Å². The fourth-order valence-corrected chi connectivity index (χ4v) is 2.03. The second-order valence-corrected chi connectivity index (χ2v) is 5.04. The van der Waals surface area contributed by atoms with E-state index in [0.29, 0.717) is 0 Å². The van der Waals surface area contributed by atoms with Crippen molar-refractivity contribution in [3.05, 3.63) is 0 Å². The van der Waals surface area contributed by atoms with Crippen molar-refractivity contribution in [3.63, 3.8) is 0 Å². The normalized spacial score (nSPS) is 26.7. The second kappa shape index (κ2) is 6.83. The number of aliphatic hydroxyl groups is 2. The first-order valence-electron chi connectivity index (χ1n) is 6.17. The number of nitrogens with zero attached hydrogens (tertiary/aromatic N) is 2. The lowest BCUT2D eigenvalue weighted by Gasteiger charge is -2.23. The summed E-state index contributed by atoms with van der Waals surface area (Å²) >= 11 is 0. The third-order valence-electron chi connectivity index (χ3n) is 2.88. The molecular formula is C11H17N3O7. The summed E-state index contributed by atoms with van der Waals surface area (Å²) < 4.78 is 10.8. The van der Waals surface area contributed by atoms with Gasteiger partial charge in [0.1, 0.15) is 34.9 Å². The maximum Gasteiger partial charge on any atom is 0.214 e. The van der Waals surface area contributed by atoms with Gasteiger partial charge in [0.25, 0.3) is 0 Å². The molecule has 0 aromatic carbocycles.